The van der Waals surface area contributed by atoms with E-state index in [1.54, 1.807) is 0 Å². The van der Waals surface area contributed by atoms with E-state index in [2.05, 4.69) is 0 Å². The first-order valence-electron chi connectivity index (χ1n) is 14.2. The molecule has 1 fully saturated rings. The first-order chi connectivity index (χ1) is 22.4. The molecule has 19 heteroatoms. The number of halogens is 3. The monoisotopic (exact) mass is 1010 g/mol. The fourth-order valence-corrected chi connectivity index (χ4v) is 9.81. The molecule has 0 saturated carbocycles. The molecule has 266 valence electrons. The summed E-state index contributed by atoms with van der Waals surface area (Å²) in [6, 6.07) is 2.22. The van der Waals surface area contributed by atoms with Crippen LogP contribution in [0.3, 0.4) is 0 Å². The molecular weight excluding hydrogens is 977 g/mol. The van der Waals surface area contributed by atoms with Gasteiger partial charge in [0.15, 0.2) is 0 Å². The van der Waals surface area contributed by atoms with Crippen molar-refractivity contribution in [1.29, 1.82) is 0 Å². The molecule has 1 aliphatic rings. The molecule has 7 atom stereocenters. The Bertz CT molecular complexity index is 1490. The molecule has 2 aromatic rings. The van der Waals surface area contributed by atoms with Crippen molar-refractivity contribution < 1.29 is 60.0 Å². The van der Waals surface area contributed by atoms with E-state index in [9.17, 15) is 55.2 Å². The van der Waals surface area contributed by atoms with Crippen LogP contribution >= 0.6 is 67.8 Å². The number of nitrogens with two attached hydrogens (primary N) is 2. The van der Waals surface area contributed by atoms with E-state index < -0.39 is 79.8 Å². The van der Waals surface area contributed by atoms with E-state index in [0.717, 1.165) is 0 Å². The molecule has 0 bridgehead atoms. The summed E-state index contributed by atoms with van der Waals surface area (Å²) < 4.78 is 6.25. The number of anilines is 1. The van der Waals surface area contributed by atoms with Crippen LogP contribution < -0.4 is 11.5 Å². The van der Waals surface area contributed by atoms with Crippen molar-refractivity contribution in [3.63, 3.8) is 0 Å². The largest absolute Gasteiger partial charge is 0.398 e. The molecule has 2 aromatic carbocycles. The van der Waals surface area contributed by atoms with E-state index >= 15 is 0 Å². The SMILES string of the molecule is CN(CC(O)CO)C(=O)c1c(I)c(C(=O)N(C)CC(O)CO)c(I)c(-c2ccc(C(=O)C3(O)O[C@H](CO)[C@@H](O)[C@H](O)[C@H]3N)c(N)c2)c1I. The lowest BCUT2D eigenvalue weighted by Crippen LogP contribution is -2.71. The third-order valence-corrected chi connectivity index (χ3v) is 11.0. The third kappa shape index (κ3) is 8.07. The van der Waals surface area contributed by atoms with E-state index in [1.807, 2.05) is 67.8 Å². The fraction of sp³-hybridized carbons (Fsp3) is 0.483. The van der Waals surface area contributed by atoms with Crippen molar-refractivity contribution in [2.24, 2.45) is 5.73 Å². The maximum Gasteiger partial charge on any atom is 0.255 e. The number of rotatable bonds is 12. The number of hydrogen-bond donors (Lipinski definition) is 10. The maximum absolute atomic E-state index is 13.8. The van der Waals surface area contributed by atoms with Gasteiger partial charge in [0.25, 0.3) is 11.8 Å². The Morgan fingerprint density at radius 3 is 1.79 bits per heavy atom. The van der Waals surface area contributed by atoms with Crippen molar-refractivity contribution in [1.82, 2.24) is 9.80 Å². The number of carbonyl (C=O) groups excluding carboxylic acids is 3. The number of Topliss-reactive ketones (excluding diaryl/α,β-unsaturated/α-hetero) is 1. The van der Waals surface area contributed by atoms with Gasteiger partial charge < -0.3 is 66.9 Å². The zero-order valence-corrected chi connectivity index (χ0v) is 32.1. The lowest BCUT2D eigenvalue weighted by atomic mass is 9.85. The van der Waals surface area contributed by atoms with Crippen LogP contribution in [-0.2, 0) is 4.74 Å². The second-order valence-electron chi connectivity index (χ2n) is 11.3. The van der Waals surface area contributed by atoms with Crippen molar-refractivity contribution in [3.05, 3.63) is 45.6 Å². The van der Waals surface area contributed by atoms with Crippen LogP contribution in [0.25, 0.3) is 11.1 Å². The van der Waals surface area contributed by atoms with Gasteiger partial charge in [0.1, 0.15) is 18.3 Å². The number of nitrogen functional groups attached to an aromatic ring is 1. The second kappa shape index (κ2) is 16.8. The molecule has 2 amide bonds. The highest BCUT2D eigenvalue weighted by Crippen LogP contribution is 2.41. The van der Waals surface area contributed by atoms with E-state index in [0.29, 0.717) is 18.3 Å². The number of amides is 2. The molecule has 1 heterocycles. The number of aliphatic hydroxyl groups excluding tert-OH is 7. The van der Waals surface area contributed by atoms with E-state index in [1.165, 1.54) is 42.1 Å². The molecule has 0 radical (unpaired) electrons. The van der Waals surface area contributed by atoms with Gasteiger partial charge in [-0.2, -0.15) is 0 Å². The third-order valence-electron chi connectivity index (χ3n) is 7.80. The highest BCUT2D eigenvalue weighted by Gasteiger charge is 2.56. The summed E-state index contributed by atoms with van der Waals surface area (Å²) in [7, 11) is 2.82. The number of ketones is 1. The van der Waals surface area contributed by atoms with Crippen LogP contribution in [0.1, 0.15) is 31.1 Å². The van der Waals surface area contributed by atoms with Gasteiger partial charge in [0.05, 0.1) is 49.2 Å². The summed E-state index contributed by atoms with van der Waals surface area (Å²) in [6.45, 7) is -2.49. The first-order valence-corrected chi connectivity index (χ1v) is 17.5. The molecule has 0 aliphatic carbocycles. The lowest BCUT2D eigenvalue weighted by molar-refractivity contribution is -0.286. The lowest BCUT2D eigenvalue weighted by Gasteiger charge is -2.45. The van der Waals surface area contributed by atoms with Gasteiger partial charge in [-0.25, -0.2) is 0 Å². The van der Waals surface area contributed by atoms with Crippen LogP contribution in [0.5, 0.6) is 0 Å². The summed E-state index contributed by atoms with van der Waals surface area (Å²) in [5, 5.41) is 79.8. The summed E-state index contributed by atoms with van der Waals surface area (Å²) in [5.74, 6) is -5.22. The predicted octanol–water partition coefficient (Wildman–Crippen LogP) is -2.09. The number of carbonyl (C=O) groups is 3. The number of hydrogen-bond acceptors (Lipinski definition) is 14. The van der Waals surface area contributed by atoms with E-state index in [-0.39, 0.29) is 39.0 Å². The average Bonchev–Trinajstić information content (AvgIpc) is 3.04. The average molecular weight is 1010 g/mol. The minimum atomic E-state index is -2.87. The van der Waals surface area contributed by atoms with Gasteiger partial charge in [-0.1, -0.05) is 6.07 Å². The number of benzene rings is 2. The quantitative estimate of drug-likeness (QED) is 0.0621. The molecule has 48 heavy (non-hydrogen) atoms. The highest BCUT2D eigenvalue weighted by atomic mass is 127. The van der Waals surface area contributed by atoms with Gasteiger partial charge in [0, 0.05) is 54.7 Å². The van der Waals surface area contributed by atoms with Gasteiger partial charge >= 0.3 is 0 Å². The number of ether oxygens (including phenoxy) is 1. The molecular formula is C29H37I3N4O12. The van der Waals surface area contributed by atoms with Gasteiger partial charge in [-0.3, -0.25) is 14.4 Å². The van der Waals surface area contributed by atoms with Crippen molar-refractivity contribution >= 4 is 91.1 Å². The normalized spacial score (nSPS) is 23.8. The zero-order chi connectivity index (χ0) is 36.4. The Kier molecular flexibility index (Phi) is 14.3. The van der Waals surface area contributed by atoms with Crippen LogP contribution in [0.15, 0.2) is 18.2 Å². The van der Waals surface area contributed by atoms with Gasteiger partial charge in [-0.05, 0) is 85.5 Å². The second-order valence-corrected chi connectivity index (χ2v) is 14.5. The standard InChI is InChI=1S/C29H37I3N4O12/c1-35(6-12(40)8-37)27(45)18-20(30)17(21(31)19(22(18)32)28(46)36(2)7-13(41)9-38)11-3-4-14(15(33)5-11)26(44)29(47)25(34)24(43)23(42)16(10-39)48-29/h3-5,12-13,16,23-25,37-43,47H,6-10,33-34H2,1-2H3/t12?,13?,16-,23-,24+,25-,29?/m1/s1. The predicted molar refractivity (Wildman–Crippen MR) is 196 cm³/mol. The Morgan fingerprint density at radius 1 is 0.896 bits per heavy atom. The molecule has 1 aliphatic heterocycles. The van der Waals surface area contributed by atoms with Crippen molar-refractivity contribution in [2.75, 3.05) is 52.7 Å². The minimum absolute atomic E-state index is 0.0796. The number of likely N-dealkylation sites (N-methyl/N-ethyl adjacent to an activating group) is 2. The van der Waals surface area contributed by atoms with Gasteiger partial charge in [0.2, 0.25) is 11.6 Å². The molecule has 0 spiro atoms. The summed E-state index contributed by atoms with van der Waals surface area (Å²) in [4.78, 5) is 43.5. The van der Waals surface area contributed by atoms with Crippen LogP contribution in [-0.4, -0.2) is 158 Å². The Labute approximate surface area is 316 Å². The number of aliphatic hydroxyl groups is 8. The molecule has 1 saturated heterocycles. The maximum atomic E-state index is 13.8. The number of nitrogens with zero attached hydrogens (tertiary/aromatic N) is 2. The smallest absolute Gasteiger partial charge is 0.255 e. The summed E-state index contributed by atoms with van der Waals surface area (Å²) in [6.07, 6.45) is -7.52. The van der Waals surface area contributed by atoms with Crippen LogP contribution in [0.4, 0.5) is 5.69 Å². The molecule has 16 nitrogen and oxygen atoms in total. The Balaban J connectivity index is 2.22. The first kappa shape index (κ1) is 41.1. The molecule has 3 rings (SSSR count). The van der Waals surface area contributed by atoms with E-state index in [4.69, 9.17) is 16.2 Å². The molecule has 12 N–H and O–H groups in total. The topological polar surface area (TPSA) is 281 Å². The van der Waals surface area contributed by atoms with Gasteiger partial charge in [-0.15, -0.1) is 0 Å². The highest BCUT2D eigenvalue weighted by molar-refractivity contribution is 14.1. The summed E-state index contributed by atoms with van der Waals surface area (Å²) in [5.41, 5.74) is 12.6. The Hall–Kier alpha value is -1.36. The minimum Gasteiger partial charge on any atom is -0.398 e. The van der Waals surface area contributed by atoms with Crippen LogP contribution in [0.2, 0.25) is 0 Å². The van der Waals surface area contributed by atoms with Crippen molar-refractivity contribution in [3.8, 4) is 11.1 Å². The zero-order valence-electron chi connectivity index (χ0n) is 25.6. The van der Waals surface area contributed by atoms with Crippen LogP contribution in [0, 0.1) is 10.7 Å². The Morgan fingerprint density at radius 2 is 1.38 bits per heavy atom. The van der Waals surface area contributed by atoms with Crippen molar-refractivity contribution in [2.45, 2.75) is 42.3 Å². The summed E-state index contributed by atoms with van der Waals surface area (Å²) >= 11 is 5.72. The molecule has 0 aromatic heterocycles. The fourth-order valence-electron chi connectivity index (χ4n) is 5.10. The molecule has 3 unspecified atom stereocenters.